The minimum atomic E-state index is -0.848. The van der Waals surface area contributed by atoms with Gasteiger partial charge in [0.1, 0.15) is 0 Å². The van der Waals surface area contributed by atoms with Gasteiger partial charge in [0.15, 0.2) is 11.5 Å². The van der Waals surface area contributed by atoms with Crippen molar-refractivity contribution in [2.24, 2.45) is 5.41 Å². The molecule has 100 valence electrons. The molecule has 0 saturated carbocycles. The number of carbonyl (C=O) groups is 1. The number of hydrogen-bond acceptors (Lipinski definition) is 3. The van der Waals surface area contributed by atoms with Gasteiger partial charge in [-0.2, -0.15) is 0 Å². The number of carboxylic acids is 1. The molecular weight excluding hydrogens is 232 g/mol. The van der Waals surface area contributed by atoms with Crippen molar-refractivity contribution < 1.29 is 19.7 Å². The van der Waals surface area contributed by atoms with Crippen molar-refractivity contribution in [3.8, 4) is 11.5 Å². The Bertz CT molecular complexity index is 475. The molecular formula is C14H20O4. The first-order chi connectivity index (χ1) is 8.20. The molecule has 0 fully saturated rings. The van der Waals surface area contributed by atoms with Crippen molar-refractivity contribution in [1.29, 1.82) is 0 Å². The molecule has 0 bridgehead atoms. The molecule has 18 heavy (non-hydrogen) atoms. The summed E-state index contributed by atoms with van der Waals surface area (Å²) in [6.45, 7) is 6.96. The Balaban J connectivity index is 3.27. The van der Waals surface area contributed by atoms with Gasteiger partial charge in [-0.3, -0.25) is 4.79 Å². The largest absolute Gasteiger partial charge is 0.504 e. The van der Waals surface area contributed by atoms with E-state index in [1.807, 2.05) is 13.0 Å². The third-order valence-corrected chi connectivity index (χ3v) is 3.22. The highest BCUT2D eigenvalue weighted by Gasteiger charge is 2.29. The van der Waals surface area contributed by atoms with Crippen LogP contribution in [0.4, 0.5) is 0 Å². The monoisotopic (exact) mass is 252 g/mol. The lowest BCUT2D eigenvalue weighted by Gasteiger charge is -2.22. The Labute approximate surface area is 107 Å². The van der Waals surface area contributed by atoms with Gasteiger partial charge >= 0.3 is 5.97 Å². The molecule has 0 aliphatic carbocycles. The summed E-state index contributed by atoms with van der Waals surface area (Å²) in [5, 5.41) is 19.0. The van der Waals surface area contributed by atoms with Crippen LogP contribution < -0.4 is 4.74 Å². The number of benzene rings is 1. The van der Waals surface area contributed by atoms with E-state index < -0.39 is 11.4 Å². The third kappa shape index (κ3) is 2.58. The number of phenols is 1. The molecule has 0 atom stereocenters. The van der Waals surface area contributed by atoms with Crippen molar-refractivity contribution >= 4 is 5.97 Å². The van der Waals surface area contributed by atoms with Crippen molar-refractivity contribution in [2.45, 2.75) is 34.1 Å². The number of aliphatic carboxylic acids is 1. The van der Waals surface area contributed by atoms with E-state index in [1.54, 1.807) is 20.8 Å². The van der Waals surface area contributed by atoms with Gasteiger partial charge in [0.05, 0.1) is 12.5 Å². The van der Waals surface area contributed by atoms with Crippen LogP contribution in [-0.4, -0.2) is 23.3 Å². The van der Waals surface area contributed by atoms with Crippen LogP contribution in [0.5, 0.6) is 11.5 Å². The van der Waals surface area contributed by atoms with Crippen LogP contribution in [0, 0.1) is 19.3 Å². The highest BCUT2D eigenvalue weighted by atomic mass is 16.5. The summed E-state index contributed by atoms with van der Waals surface area (Å²) in [6.07, 6.45) is 0.394. The topological polar surface area (TPSA) is 66.8 Å². The van der Waals surface area contributed by atoms with Crippen LogP contribution in [0.3, 0.4) is 0 Å². The van der Waals surface area contributed by atoms with Gasteiger partial charge in [-0.1, -0.05) is 6.07 Å². The van der Waals surface area contributed by atoms with E-state index in [2.05, 4.69) is 0 Å². The summed E-state index contributed by atoms with van der Waals surface area (Å²) < 4.78 is 5.17. The maximum absolute atomic E-state index is 11.2. The number of aryl methyl sites for hydroxylation is 1. The first-order valence-corrected chi connectivity index (χ1v) is 5.80. The Morgan fingerprint density at radius 3 is 2.39 bits per heavy atom. The molecule has 0 aliphatic heterocycles. The van der Waals surface area contributed by atoms with E-state index in [0.717, 1.165) is 11.1 Å². The smallest absolute Gasteiger partial charge is 0.309 e. The molecule has 4 heteroatoms. The predicted molar refractivity (Wildman–Crippen MR) is 69.3 cm³/mol. The molecule has 0 amide bonds. The van der Waals surface area contributed by atoms with E-state index in [-0.39, 0.29) is 5.75 Å². The summed E-state index contributed by atoms with van der Waals surface area (Å²) in [5.74, 6) is -0.301. The fourth-order valence-electron chi connectivity index (χ4n) is 1.93. The van der Waals surface area contributed by atoms with Gasteiger partial charge in [-0.25, -0.2) is 0 Å². The van der Waals surface area contributed by atoms with E-state index in [4.69, 9.17) is 9.84 Å². The second-order valence-corrected chi connectivity index (χ2v) is 5.23. The molecule has 1 aromatic rings. The Morgan fingerprint density at radius 1 is 1.39 bits per heavy atom. The molecule has 0 aromatic heterocycles. The van der Waals surface area contributed by atoms with E-state index in [1.165, 1.54) is 7.11 Å². The average Bonchev–Trinajstić information content (AvgIpc) is 2.26. The SMILES string of the molecule is COc1c(C)c(CC(C)(C)C(=O)O)cc(C)c1O. The van der Waals surface area contributed by atoms with E-state index >= 15 is 0 Å². The van der Waals surface area contributed by atoms with Crippen LogP contribution in [0.25, 0.3) is 0 Å². The summed E-state index contributed by atoms with van der Waals surface area (Å²) in [5.41, 5.74) is 1.51. The first kappa shape index (κ1) is 14.4. The molecule has 0 unspecified atom stereocenters. The van der Waals surface area contributed by atoms with E-state index in [9.17, 15) is 9.90 Å². The second-order valence-electron chi connectivity index (χ2n) is 5.23. The lowest BCUT2D eigenvalue weighted by molar-refractivity contribution is -0.146. The summed E-state index contributed by atoms with van der Waals surface area (Å²) in [7, 11) is 1.49. The molecule has 2 N–H and O–H groups in total. The number of hydrogen-bond donors (Lipinski definition) is 2. The number of phenolic OH excluding ortho intramolecular Hbond substituents is 1. The third-order valence-electron chi connectivity index (χ3n) is 3.22. The fourth-order valence-corrected chi connectivity index (χ4v) is 1.93. The van der Waals surface area contributed by atoms with Gasteiger partial charge in [-0.15, -0.1) is 0 Å². The Kier molecular flexibility index (Phi) is 3.89. The van der Waals surface area contributed by atoms with Crippen molar-refractivity contribution in [1.82, 2.24) is 0 Å². The van der Waals surface area contributed by atoms with Gasteiger partial charge in [0.2, 0.25) is 0 Å². The standard InChI is InChI=1S/C14H20O4/c1-8-6-10(7-14(3,4)13(16)17)9(2)12(18-5)11(8)15/h6,15H,7H2,1-5H3,(H,16,17). The normalized spacial score (nSPS) is 11.4. The van der Waals surface area contributed by atoms with Crippen molar-refractivity contribution in [2.75, 3.05) is 7.11 Å². The van der Waals surface area contributed by atoms with Crippen LogP contribution >= 0.6 is 0 Å². The number of ether oxygens (including phenoxy) is 1. The number of rotatable bonds is 4. The Morgan fingerprint density at radius 2 is 1.94 bits per heavy atom. The minimum Gasteiger partial charge on any atom is -0.504 e. The van der Waals surface area contributed by atoms with E-state index in [0.29, 0.717) is 17.7 Å². The van der Waals surface area contributed by atoms with Crippen LogP contribution in [0.2, 0.25) is 0 Å². The summed E-state index contributed by atoms with van der Waals surface area (Å²) in [6, 6.07) is 1.82. The molecule has 4 nitrogen and oxygen atoms in total. The fraction of sp³-hybridized carbons (Fsp3) is 0.500. The van der Waals surface area contributed by atoms with Gasteiger partial charge in [0, 0.05) is 0 Å². The van der Waals surface area contributed by atoms with Crippen LogP contribution in [0.15, 0.2) is 6.07 Å². The number of carboxylic acid groups (broad SMARTS) is 1. The van der Waals surface area contributed by atoms with Crippen molar-refractivity contribution in [3.63, 3.8) is 0 Å². The maximum atomic E-state index is 11.2. The van der Waals surface area contributed by atoms with Crippen molar-refractivity contribution in [3.05, 3.63) is 22.8 Å². The van der Waals surface area contributed by atoms with Gasteiger partial charge in [-0.05, 0) is 50.8 Å². The molecule has 0 spiro atoms. The molecule has 0 heterocycles. The highest BCUT2D eigenvalue weighted by molar-refractivity contribution is 5.74. The average molecular weight is 252 g/mol. The van der Waals surface area contributed by atoms with Gasteiger partial charge < -0.3 is 14.9 Å². The zero-order valence-corrected chi connectivity index (χ0v) is 11.5. The Hall–Kier alpha value is -1.71. The first-order valence-electron chi connectivity index (χ1n) is 5.80. The summed E-state index contributed by atoms with van der Waals surface area (Å²) in [4.78, 5) is 11.2. The quantitative estimate of drug-likeness (QED) is 0.864. The molecule has 0 saturated heterocycles. The minimum absolute atomic E-state index is 0.117. The van der Waals surface area contributed by atoms with Crippen LogP contribution in [-0.2, 0) is 11.2 Å². The highest BCUT2D eigenvalue weighted by Crippen LogP contribution is 2.37. The zero-order valence-electron chi connectivity index (χ0n) is 11.5. The lowest BCUT2D eigenvalue weighted by Crippen LogP contribution is -2.26. The van der Waals surface area contributed by atoms with Gasteiger partial charge in [0.25, 0.3) is 0 Å². The molecule has 1 aromatic carbocycles. The molecule has 0 radical (unpaired) electrons. The number of methoxy groups -OCH3 is 1. The van der Waals surface area contributed by atoms with Crippen LogP contribution in [0.1, 0.15) is 30.5 Å². The number of aromatic hydroxyl groups is 1. The maximum Gasteiger partial charge on any atom is 0.309 e. The zero-order chi connectivity index (χ0) is 14.1. The summed E-state index contributed by atoms with van der Waals surface area (Å²) >= 11 is 0. The lowest BCUT2D eigenvalue weighted by atomic mass is 9.83. The second kappa shape index (κ2) is 4.88. The predicted octanol–water partition coefficient (Wildman–Crippen LogP) is 2.67. The molecule has 1 rings (SSSR count). The molecule has 0 aliphatic rings.